The summed E-state index contributed by atoms with van der Waals surface area (Å²) in [5.41, 5.74) is 3.28. The van der Waals surface area contributed by atoms with Crippen LogP contribution >= 0.6 is 0 Å². The lowest BCUT2D eigenvalue weighted by Crippen LogP contribution is -2.40. The first-order valence-corrected chi connectivity index (χ1v) is 10.8. The van der Waals surface area contributed by atoms with Crippen molar-refractivity contribution < 1.29 is 19.0 Å². The molecule has 1 aromatic carbocycles. The number of carbonyl (C=O) groups is 1. The molecule has 2 aliphatic heterocycles. The van der Waals surface area contributed by atoms with Crippen LogP contribution in [0.1, 0.15) is 95.1 Å². The van der Waals surface area contributed by atoms with Crippen LogP contribution in [0, 0.1) is 0 Å². The summed E-state index contributed by atoms with van der Waals surface area (Å²) in [7, 11) is 0. The maximum atomic E-state index is 12.8. The number of unbranched alkanes of at least 4 members (excludes halogenated alkanes) is 2. The zero-order valence-electron chi connectivity index (χ0n) is 18.7. The van der Waals surface area contributed by atoms with E-state index in [-0.39, 0.29) is 11.6 Å². The molecular formula is C25H34O4. The van der Waals surface area contributed by atoms with Crippen molar-refractivity contribution in [3.8, 4) is 11.5 Å². The Morgan fingerprint density at radius 2 is 1.86 bits per heavy atom. The molecule has 158 valence electrons. The summed E-state index contributed by atoms with van der Waals surface area (Å²) in [6.45, 7) is 12.0. The second-order valence-corrected chi connectivity index (χ2v) is 9.07. The zero-order chi connectivity index (χ0) is 21.2. The van der Waals surface area contributed by atoms with E-state index in [1.54, 1.807) is 13.8 Å². The van der Waals surface area contributed by atoms with E-state index >= 15 is 0 Å². The summed E-state index contributed by atoms with van der Waals surface area (Å²) in [5, 5.41) is 0. The van der Waals surface area contributed by atoms with Crippen LogP contribution in [0.5, 0.6) is 11.5 Å². The van der Waals surface area contributed by atoms with Crippen LogP contribution in [0.15, 0.2) is 23.8 Å². The SMILES string of the molecule is CCCCCc1cc2c(c3c1C(=O)OC(C)(C)O3)C=CC(C)(CCC=C(C)C)O2. The number of hydrogen-bond donors (Lipinski definition) is 0. The topological polar surface area (TPSA) is 44.8 Å². The van der Waals surface area contributed by atoms with Gasteiger partial charge in [-0.3, -0.25) is 0 Å². The average Bonchev–Trinajstić information content (AvgIpc) is 2.59. The van der Waals surface area contributed by atoms with Crippen molar-refractivity contribution in [2.75, 3.05) is 0 Å². The first kappa shape index (κ1) is 21.5. The Kier molecular flexibility index (Phi) is 6.11. The lowest BCUT2D eigenvalue weighted by molar-refractivity contribution is -0.127. The zero-order valence-corrected chi connectivity index (χ0v) is 18.7. The van der Waals surface area contributed by atoms with Crippen LogP contribution in [0.4, 0.5) is 0 Å². The number of ether oxygens (including phenoxy) is 3. The molecule has 0 aliphatic carbocycles. The van der Waals surface area contributed by atoms with Crippen molar-refractivity contribution in [1.29, 1.82) is 0 Å². The minimum Gasteiger partial charge on any atom is -0.483 e. The van der Waals surface area contributed by atoms with Crippen LogP contribution in [-0.2, 0) is 11.2 Å². The van der Waals surface area contributed by atoms with E-state index in [1.807, 2.05) is 12.1 Å². The molecule has 0 bridgehead atoms. The Balaban J connectivity index is 1.99. The monoisotopic (exact) mass is 398 g/mol. The quantitative estimate of drug-likeness (QED) is 0.294. The van der Waals surface area contributed by atoms with Crippen LogP contribution in [-0.4, -0.2) is 17.4 Å². The van der Waals surface area contributed by atoms with Gasteiger partial charge in [-0.25, -0.2) is 4.79 Å². The van der Waals surface area contributed by atoms with Crippen molar-refractivity contribution in [2.24, 2.45) is 0 Å². The van der Waals surface area contributed by atoms with Gasteiger partial charge >= 0.3 is 5.97 Å². The van der Waals surface area contributed by atoms with Crippen LogP contribution in [0.25, 0.3) is 6.08 Å². The van der Waals surface area contributed by atoms with Gasteiger partial charge < -0.3 is 14.2 Å². The number of cyclic esters (lactones) is 1. The fourth-order valence-electron chi connectivity index (χ4n) is 3.90. The third-order valence-corrected chi connectivity index (χ3v) is 5.44. The van der Waals surface area contributed by atoms with Gasteiger partial charge in [0, 0.05) is 13.8 Å². The van der Waals surface area contributed by atoms with E-state index in [0.717, 1.165) is 55.4 Å². The average molecular weight is 399 g/mol. The van der Waals surface area contributed by atoms with Crippen LogP contribution < -0.4 is 9.47 Å². The van der Waals surface area contributed by atoms with E-state index in [4.69, 9.17) is 14.2 Å². The Hall–Kier alpha value is -2.23. The van der Waals surface area contributed by atoms with Gasteiger partial charge in [0.15, 0.2) is 0 Å². The first-order chi connectivity index (χ1) is 13.6. The Morgan fingerprint density at radius 1 is 1.10 bits per heavy atom. The standard InChI is InChI=1S/C25H34O4/c1-7-8-9-12-18-16-20-19(22-21(18)23(26)29-24(4,5)28-22)13-15-25(6,27-20)14-10-11-17(2)3/h11,13,15-16H,7-10,12,14H2,1-6H3. The summed E-state index contributed by atoms with van der Waals surface area (Å²) in [6.07, 6.45) is 12.3. The number of carbonyl (C=O) groups excluding carboxylic acids is 1. The highest BCUT2D eigenvalue weighted by Gasteiger charge is 2.39. The third-order valence-electron chi connectivity index (χ3n) is 5.44. The Labute approximate surface area is 174 Å². The molecular weight excluding hydrogens is 364 g/mol. The second kappa shape index (κ2) is 8.25. The lowest BCUT2D eigenvalue weighted by atomic mass is 9.90. The fraction of sp³-hybridized carbons (Fsp3) is 0.560. The molecule has 1 atom stereocenters. The Morgan fingerprint density at radius 3 is 2.55 bits per heavy atom. The van der Waals surface area contributed by atoms with Gasteiger partial charge in [0.25, 0.3) is 0 Å². The Bertz CT molecular complexity index is 843. The summed E-state index contributed by atoms with van der Waals surface area (Å²) < 4.78 is 18.1. The first-order valence-electron chi connectivity index (χ1n) is 10.8. The maximum Gasteiger partial charge on any atom is 0.345 e. The van der Waals surface area contributed by atoms with Crippen molar-refractivity contribution in [1.82, 2.24) is 0 Å². The van der Waals surface area contributed by atoms with Crippen LogP contribution in [0.3, 0.4) is 0 Å². The predicted octanol–water partition coefficient (Wildman–Crippen LogP) is 6.62. The number of esters is 1. The molecule has 0 saturated heterocycles. The third kappa shape index (κ3) is 4.85. The molecule has 4 heteroatoms. The molecule has 1 aromatic rings. The molecule has 2 aliphatic rings. The van der Waals surface area contributed by atoms with E-state index < -0.39 is 5.79 Å². The van der Waals surface area contributed by atoms with Crippen molar-refractivity contribution in [3.63, 3.8) is 0 Å². The molecule has 0 fully saturated rings. The molecule has 0 radical (unpaired) electrons. The van der Waals surface area contributed by atoms with Gasteiger partial charge in [-0.2, -0.15) is 0 Å². The maximum absolute atomic E-state index is 12.8. The fourth-order valence-corrected chi connectivity index (χ4v) is 3.90. The molecule has 3 rings (SSSR count). The van der Waals surface area contributed by atoms with E-state index in [1.165, 1.54) is 5.57 Å². The number of fused-ring (bicyclic) bond motifs is 3. The highest BCUT2D eigenvalue weighted by Crippen LogP contribution is 2.46. The van der Waals surface area contributed by atoms with Gasteiger partial charge in [-0.05, 0) is 70.2 Å². The summed E-state index contributed by atoms with van der Waals surface area (Å²) in [6, 6.07) is 2.02. The lowest BCUT2D eigenvalue weighted by Gasteiger charge is -2.37. The van der Waals surface area contributed by atoms with Crippen LogP contribution in [0.2, 0.25) is 0 Å². The van der Waals surface area contributed by atoms with Gasteiger partial charge in [0.2, 0.25) is 5.79 Å². The van der Waals surface area contributed by atoms with E-state index in [2.05, 4.69) is 39.8 Å². The molecule has 0 spiro atoms. The summed E-state index contributed by atoms with van der Waals surface area (Å²) in [5.74, 6) is 0.0921. The molecule has 1 unspecified atom stereocenters. The number of aryl methyl sites for hydroxylation is 1. The number of benzene rings is 1. The van der Waals surface area contributed by atoms with E-state index in [9.17, 15) is 4.79 Å². The number of hydrogen-bond acceptors (Lipinski definition) is 4. The number of allylic oxidation sites excluding steroid dienone is 2. The largest absolute Gasteiger partial charge is 0.483 e. The minimum absolute atomic E-state index is 0.309. The number of rotatable bonds is 7. The highest BCUT2D eigenvalue weighted by atomic mass is 16.7. The van der Waals surface area contributed by atoms with Crippen molar-refractivity contribution in [2.45, 2.75) is 91.5 Å². The molecule has 0 N–H and O–H groups in total. The van der Waals surface area contributed by atoms with Gasteiger partial charge in [0.1, 0.15) is 22.7 Å². The molecule has 4 nitrogen and oxygen atoms in total. The second-order valence-electron chi connectivity index (χ2n) is 9.07. The van der Waals surface area contributed by atoms with Gasteiger partial charge in [0.05, 0.1) is 5.56 Å². The molecule has 0 aromatic heterocycles. The van der Waals surface area contributed by atoms with Gasteiger partial charge in [-0.15, -0.1) is 0 Å². The van der Waals surface area contributed by atoms with Crippen molar-refractivity contribution >= 4 is 12.0 Å². The molecule has 0 amide bonds. The molecule has 2 heterocycles. The van der Waals surface area contributed by atoms with Gasteiger partial charge in [-0.1, -0.05) is 31.4 Å². The smallest absolute Gasteiger partial charge is 0.345 e. The summed E-state index contributed by atoms with van der Waals surface area (Å²) >= 11 is 0. The highest BCUT2D eigenvalue weighted by molar-refractivity contribution is 5.98. The normalized spacial score (nSPS) is 21.4. The van der Waals surface area contributed by atoms with Crippen molar-refractivity contribution in [3.05, 3.63) is 40.5 Å². The van der Waals surface area contributed by atoms with E-state index in [0.29, 0.717) is 11.3 Å². The predicted molar refractivity (Wildman–Crippen MR) is 117 cm³/mol. The minimum atomic E-state index is -0.988. The molecule has 0 saturated carbocycles. The molecule has 29 heavy (non-hydrogen) atoms. The summed E-state index contributed by atoms with van der Waals surface area (Å²) in [4.78, 5) is 12.8.